The van der Waals surface area contributed by atoms with Crippen LogP contribution < -0.4 is 15.0 Å². The van der Waals surface area contributed by atoms with Crippen LogP contribution in [-0.2, 0) is 27.2 Å². The number of hydrogen-bond acceptors (Lipinski definition) is 9. The van der Waals surface area contributed by atoms with Gasteiger partial charge in [-0.1, -0.05) is 0 Å². The summed E-state index contributed by atoms with van der Waals surface area (Å²) >= 11 is 0. The number of fused-ring (bicyclic) bond motifs is 5. The zero-order valence-corrected chi connectivity index (χ0v) is 22.4. The van der Waals surface area contributed by atoms with Crippen LogP contribution in [0.3, 0.4) is 0 Å². The summed E-state index contributed by atoms with van der Waals surface area (Å²) < 4.78 is 32.6. The zero-order valence-electron chi connectivity index (χ0n) is 22.4. The monoisotopic (exact) mass is 548 g/mol. The number of carbonyl (C=O) groups is 1. The summed E-state index contributed by atoms with van der Waals surface area (Å²) in [7, 11) is 0. The molecule has 3 aromatic rings. The molecule has 1 saturated carbocycles. The van der Waals surface area contributed by atoms with Gasteiger partial charge in [0.15, 0.2) is 18.2 Å². The van der Waals surface area contributed by atoms with Crippen LogP contribution in [0.4, 0.5) is 16.0 Å². The molecule has 1 N–H and O–H groups in total. The summed E-state index contributed by atoms with van der Waals surface area (Å²) in [6.07, 6.45) is 6.22. The largest absolute Gasteiger partial charge is 0.480 e. The van der Waals surface area contributed by atoms with E-state index in [4.69, 9.17) is 24.2 Å². The minimum Gasteiger partial charge on any atom is -0.480 e. The molecule has 40 heavy (non-hydrogen) atoms. The van der Waals surface area contributed by atoms with Gasteiger partial charge >= 0.3 is 0 Å². The normalized spacial score (nSPS) is 24.2. The first-order chi connectivity index (χ1) is 19.6. The predicted octanol–water partition coefficient (Wildman–Crippen LogP) is 3.09. The van der Waals surface area contributed by atoms with Gasteiger partial charge in [-0.05, 0) is 56.4 Å². The number of carbonyl (C=O) groups excluding carboxylic acids is 1. The van der Waals surface area contributed by atoms with Gasteiger partial charge in [0.05, 0.1) is 48.8 Å². The average Bonchev–Trinajstić information content (AvgIpc) is 3.00. The lowest BCUT2D eigenvalue weighted by atomic mass is 9.76. The first kappa shape index (κ1) is 25.6. The van der Waals surface area contributed by atoms with E-state index < -0.39 is 0 Å². The molecule has 4 aliphatic heterocycles. The Bertz CT molecular complexity index is 1410. The van der Waals surface area contributed by atoms with Crippen LogP contribution in [0.1, 0.15) is 36.9 Å². The molecular formula is C29H33FN6O4. The van der Waals surface area contributed by atoms with E-state index in [1.165, 1.54) is 6.20 Å². The summed E-state index contributed by atoms with van der Waals surface area (Å²) in [6.45, 7) is 4.63. The molecule has 8 rings (SSSR count). The van der Waals surface area contributed by atoms with Crippen LogP contribution in [0.15, 0.2) is 30.5 Å². The molecule has 0 aromatic carbocycles. The van der Waals surface area contributed by atoms with Crippen molar-refractivity contribution in [3.8, 4) is 5.75 Å². The predicted molar refractivity (Wildman–Crippen MR) is 146 cm³/mol. The van der Waals surface area contributed by atoms with Crippen LogP contribution in [0.25, 0.3) is 11.0 Å². The van der Waals surface area contributed by atoms with Crippen molar-refractivity contribution in [2.45, 2.75) is 50.3 Å². The Morgan fingerprint density at radius 2 is 1.98 bits per heavy atom. The number of amides is 1. The van der Waals surface area contributed by atoms with Gasteiger partial charge in [-0.3, -0.25) is 14.7 Å². The number of aromatic nitrogens is 3. The molecule has 10 nitrogen and oxygen atoms in total. The maximum atomic E-state index is 15.4. The SMILES string of the molecule is O=C1COc2ccc(CN(CCc3c(F)cnc4ccc(N5CCOCC5)nc34)C34CCC(CC3)OC4)nc2N1. The molecule has 0 atom stereocenters. The summed E-state index contributed by atoms with van der Waals surface area (Å²) in [6, 6.07) is 7.67. The van der Waals surface area contributed by atoms with E-state index in [0.29, 0.717) is 73.6 Å². The van der Waals surface area contributed by atoms with E-state index in [-0.39, 0.29) is 23.9 Å². The van der Waals surface area contributed by atoms with E-state index in [0.717, 1.165) is 50.3 Å². The Morgan fingerprint density at radius 3 is 2.77 bits per heavy atom. The van der Waals surface area contributed by atoms with Crippen LogP contribution >= 0.6 is 0 Å². The fourth-order valence-corrected chi connectivity index (χ4v) is 6.43. The Kier molecular flexibility index (Phi) is 6.73. The second-order valence-electron chi connectivity index (χ2n) is 11.1. The molecule has 0 spiro atoms. The fraction of sp³-hybridized carbons (Fsp3) is 0.517. The smallest absolute Gasteiger partial charge is 0.263 e. The fourth-order valence-electron chi connectivity index (χ4n) is 6.43. The van der Waals surface area contributed by atoms with Crippen molar-refractivity contribution in [3.05, 3.63) is 47.5 Å². The van der Waals surface area contributed by atoms with Crippen molar-refractivity contribution < 1.29 is 23.4 Å². The molecule has 210 valence electrons. The highest BCUT2D eigenvalue weighted by atomic mass is 19.1. The van der Waals surface area contributed by atoms with Crippen molar-refractivity contribution in [2.75, 3.05) is 56.3 Å². The highest BCUT2D eigenvalue weighted by Crippen LogP contribution is 2.41. The molecular weight excluding hydrogens is 515 g/mol. The summed E-state index contributed by atoms with van der Waals surface area (Å²) in [5.41, 5.74) is 2.55. The Balaban J connectivity index is 1.19. The topological polar surface area (TPSA) is 102 Å². The number of anilines is 2. The molecule has 1 aliphatic carbocycles. The third-order valence-corrected chi connectivity index (χ3v) is 8.72. The summed E-state index contributed by atoms with van der Waals surface area (Å²) in [5.74, 6) is 1.28. The number of nitrogens with zero attached hydrogens (tertiary/aromatic N) is 5. The van der Waals surface area contributed by atoms with Crippen LogP contribution in [0.5, 0.6) is 5.75 Å². The molecule has 3 aromatic heterocycles. The number of morpholine rings is 1. The van der Waals surface area contributed by atoms with Crippen LogP contribution in [0.2, 0.25) is 0 Å². The Morgan fingerprint density at radius 1 is 1.12 bits per heavy atom. The number of hydrogen-bond donors (Lipinski definition) is 1. The standard InChI is InChI=1S/C29H33FN6O4/c30-22-15-31-23-2-4-25(35-11-13-38-14-12-35)33-27(23)21(22)7-10-36(29-8-5-20(6-9-29)40-18-29)16-19-1-3-24-28(32-19)34-26(37)17-39-24/h1-4,15,20H,5-14,16-18H2,(H,32,34,37). The van der Waals surface area contributed by atoms with Crippen molar-refractivity contribution in [3.63, 3.8) is 0 Å². The van der Waals surface area contributed by atoms with Gasteiger partial charge in [0, 0.05) is 37.3 Å². The quantitative estimate of drug-likeness (QED) is 0.477. The third kappa shape index (κ3) is 4.86. The Labute approximate surface area is 231 Å². The molecule has 11 heteroatoms. The van der Waals surface area contributed by atoms with Crippen molar-refractivity contribution in [1.82, 2.24) is 19.9 Å². The molecule has 1 amide bonds. The summed E-state index contributed by atoms with van der Waals surface area (Å²) in [5, 5.41) is 2.81. The lowest BCUT2D eigenvalue weighted by Gasteiger charge is -2.52. The van der Waals surface area contributed by atoms with E-state index in [1.807, 2.05) is 24.3 Å². The van der Waals surface area contributed by atoms with Crippen molar-refractivity contribution in [2.24, 2.45) is 0 Å². The molecule has 5 aliphatic rings. The molecule has 3 saturated heterocycles. The number of ether oxygens (including phenoxy) is 3. The van der Waals surface area contributed by atoms with Crippen LogP contribution in [-0.4, -0.2) is 83.5 Å². The van der Waals surface area contributed by atoms with Gasteiger partial charge in [-0.15, -0.1) is 0 Å². The zero-order chi connectivity index (χ0) is 27.1. The average molecular weight is 549 g/mol. The molecule has 7 heterocycles. The first-order valence-corrected chi connectivity index (χ1v) is 14.1. The lowest BCUT2D eigenvalue weighted by molar-refractivity contribution is -0.138. The number of pyridine rings is 3. The van der Waals surface area contributed by atoms with E-state index in [2.05, 4.69) is 20.1 Å². The second-order valence-corrected chi connectivity index (χ2v) is 11.1. The van der Waals surface area contributed by atoms with Gasteiger partial charge in [-0.2, -0.15) is 0 Å². The molecule has 4 fully saturated rings. The number of rotatable bonds is 7. The van der Waals surface area contributed by atoms with E-state index in [1.54, 1.807) is 0 Å². The maximum absolute atomic E-state index is 15.4. The summed E-state index contributed by atoms with van der Waals surface area (Å²) in [4.78, 5) is 30.4. The minimum absolute atomic E-state index is 0.00545. The Hall–Kier alpha value is -3.41. The van der Waals surface area contributed by atoms with Crippen molar-refractivity contribution >= 4 is 28.6 Å². The van der Waals surface area contributed by atoms with Gasteiger partial charge in [0.1, 0.15) is 11.6 Å². The van der Waals surface area contributed by atoms with E-state index >= 15 is 4.39 Å². The van der Waals surface area contributed by atoms with Crippen LogP contribution in [0, 0.1) is 5.82 Å². The third-order valence-electron chi connectivity index (χ3n) is 8.72. The maximum Gasteiger partial charge on any atom is 0.263 e. The van der Waals surface area contributed by atoms with E-state index in [9.17, 15) is 4.79 Å². The van der Waals surface area contributed by atoms with Crippen molar-refractivity contribution in [1.29, 1.82) is 0 Å². The minimum atomic E-state index is -0.341. The highest BCUT2D eigenvalue weighted by Gasteiger charge is 2.45. The first-order valence-electron chi connectivity index (χ1n) is 14.1. The number of halogens is 1. The molecule has 0 radical (unpaired) electrons. The second kappa shape index (κ2) is 10.5. The molecule has 2 bridgehead atoms. The molecule has 0 unspecified atom stereocenters. The van der Waals surface area contributed by atoms with Gasteiger partial charge < -0.3 is 24.4 Å². The van der Waals surface area contributed by atoms with Gasteiger partial charge in [-0.25, -0.2) is 14.4 Å². The number of nitrogens with one attached hydrogen (secondary N) is 1. The highest BCUT2D eigenvalue weighted by molar-refractivity contribution is 5.94. The van der Waals surface area contributed by atoms with Gasteiger partial charge in [0.25, 0.3) is 5.91 Å². The lowest BCUT2D eigenvalue weighted by Crippen LogP contribution is -2.59. The van der Waals surface area contributed by atoms with Gasteiger partial charge in [0.2, 0.25) is 0 Å².